The van der Waals surface area contributed by atoms with Crippen LogP contribution in [-0.4, -0.2) is 20.4 Å². The first-order chi connectivity index (χ1) is 11.7. The van der Waals surface area contributed by atoms with E-state index in [0.29, 0.717) is 5.69 Å². The van der Waals surface area contributed by atoms with Gasteiger partial charge in [-0.3, -0.25) is 9.52 Å². The van der Waals surface area contributed by atoms with E-state index in [2.05, 4.69) is 10.0 Å². The number of rotatable bonds is 6. The monoisotopic (exact) mass is 380 g/mol. The lowest BCUT2D eigenvalue weighted by atomic mass is 10.1. The quantitative estimate of drug-likeness (QED) is 0.797. The second kappa shape index (κ2) is 7.89. The van der Waals surface area contributed by atoms with Crippen LogP contribution in [0.1, 0.15) is 31.1 Å². The van der Waals surface area contributed by atoms with Gasteiger partial charge in [0.2, 0.25) is 0 Å². The number of hydrogen-bond acceptors (Lipinski definition) is 3. The number of benzene rings is 2. The summed E-state index contributed by atoms with van der Waals surface area (Å²) in [5.41, 5.74) is 0.659. The third-order valence-corrected chi connectivity index (χ3v) is 5.73. The molecule has 7 heteroatoms. The number of carbonyl (C=O) groups is 1. The molecule has 1 atom stereocenters. The lowest BCUT2D eigenvalue weighted by Crippen LogP contribution is -2.36. The van der Waals surface area contributed by atoms with Crippen LogP contribution in [0.15, 0.2) is 53.4 Å². The fourth-order valence-corrected chi connectivity index (χ4v) is 3.61. The number of anilines is 1. The molecular weight excluding hydrogens is 360 g/mol. The van der Waals surface area contributed by atoms with Crippen molar-refractivity contribution in [1.29, 1.82) is 0 Å². The molecule has 0 aliphatic heterocycles. The molecule has 0 saturated heterocycles. The fourth-order valence-electron chi connectivity index (χ4n) is 2.02. The SMILES string of the molecule is CC(C)[C@H](C)NC(=O)c1ccc(Cl)c(S(=O)(=O)Nc2ccccc2)c1. The summed E-state index contributed by atoms with van der Waals surface area (Å²) >= 11 is 6.06. The fraction of sp³-hybridized carbons (Fsp3) is 0.278. The van der Waals surface area contributed by atoms with Crippen LogP contribution in [0.2, 0.25) is 5.02 Å². The highest BCUT2D eigenvalue weighted by Crippen LogP contribution is 2.25. The first-order valence-corrected chi connectivity index (χ1v) is 9.75. The van der Waals surface area contributed by atoms with Gasteiger partial charge in [-0.15, -0.1) is 0 Å². The van der Waals surface area contributed by atoms with Crippen molar-refractivity contribution in [2.75, 3.05) is 4.72 Å². The van der Waals surface area contributed by atoms with Gasteiger partial charge in [-0.1, -0.05) is 43.6 Å². The van der Waals surface area contributed by atoms with E-state index in [1.54, 1.807) is 30.3 Å². The highest BCUT2D eigenvalue weighted by molar-refractivity contribution is 7.92. The smallest absolute Gasteiger partial charge is 0.263 e. The van der Waals surface area contributed by atoms with Crippen molar-refractivity contribution in [2.45, 2.75) is 31.7 Å². The van der Waals surface area contributed by atoms with Gasteiger partial charge in [0.1, 0.15) is 4.90 Å². The minimum absolute atomic E-state index is 0.0364. The largest absolute Gasteiger partial charge is 0.349 e. The minimum atomic E-state index is -3.91. The summed E-state index contributed by atoms with van der Waals surface area (Å²) in [4.78, 5) is 12.2. The van der Waals surface area contributed by atoms with E-state index < -0.39 is 10.0 Å². The zero-order chi connectivity index (χ0) is 18.6. The topological polar surface area (TPSA) is 75.3 Å². The second-order valence-corrected chi connectivity index (χ2v) is 8.18. The summed E-state index contributed by atoms with van der Waals surface area (Å²) in [6.07, 6.45) is 0. The molecule has 1 amide bonds. The Labute approximate surface area is 153 Å². The van der Waals surface area contributed by atoms with Crippen LogP contribution < -0.4 is 10.0 Å². The van der Waals surface area contributed by atoms with Gasteiger partial charge in [-0.05, 0) is 43.2 Å². The second-order valence-electron chi connectivity index (χ2n) is 6.12. The molecule has 0 spiro atoms. The van der Waals surface area contributed by atoms with Gasteiger partial charge in [0.05, 0.1) is 5.02 Å². The lowest BCUT2D eigenvalue weighted by molar-refractivity contribution is 0.0930. The van der Waals surface area contributed by atoms with E-state index >= 15 is 0 Å². The van der Waals surface area contributed by atoms with Crippen LogP contribution >= 0.6 is 11.6 Å². The molecule has 2 aromatic rings. The van der Waals surface area contributed by atoms with Gasteiger partial charge < -0.3 is 5.32 Å². The molecule has 2 rings (SSSR count). The van der Waals surface area contributed by atoms with Crippen molar-refractivity contribution in [3.05, 3.63) is 59.1 Å². The number of nitrogens with one attached hydrogen (secondary N) is 2. The van der Waals surface area contributed by atoms with Gasteiger partial charge in [0, 0.05) is 17.3 Å². The van der Waals surface area contributed by atoms with Crippen molar-refractivity contribution >= 4 is 33.2 Å². The average molecular weight is 381 g/mol. The van der Waals surface area contributed by atoms with Crippen molar-refractivity contribution in [3.63, 3.8) is 0 Å². The van der Waals surface area contributed by atoms with E-state index in [1.807, 2.05) is 20.8 Å². The Kier molecular flexibility index (Phi) is 6.08. The van der Waals surface area contributed by atoms with Gasteiger partial charge in [-0.25, -0.2) is 8.42 Å². The Balaban J connectivity index is 2.31. The molecule has 0 aliphatic carbocycles. The van der Waals surface area contributed by atoms with Crippen molar-refractivity contribution in [3.8, 4) is 0 Å². The van der Waals surface area contributed by atoms with Crippen LogP contribution in [0.5, 0.6) is 0 Å². The van der Waals surface area contributed by atoms with Crippen LogP contribution in [-0.2, 0) is 10.0 Å². The normalized spacial score (nSPS) is 12.7. The maximum Gasteiger partial charge on any atom is 0.263 e. The van der Waals surface area contributed by atoms with Crippen LogP contribution in [0.4, 0.5) is 5.69 Å². The number of amides is 1. The Bertz CT molecular complexity index is 852. The summed E-state index contributed by atoms with van der Waals surface area (Å²) in [6.45, 7) is 5.88. The Morgan fingerprint density at radius 3 is 2.28 bits per heavy atom. The molecule has 0 fully saturated rings. The molecule has 2 aromatic carbocycles. The number of sulfonamides is 1. The molecule has 0 saturated carbocycles. The average Bonchev–Trinajstić information content (AvgIpc) is 2.55. The molecule has 134 valence electrons. The van der Waals surface area contributed by atoms with Crippen LogP contribution in [0.25, 0.3) is 0 Å². The standard InChI is InChI=1S/C18H21ClN2O3S/c1-12(2)13(3)20-18(22)14-9-10-16(19)17(11-14)25(23,24)21-15-7-5-4-6-8-15/h4-13,21H,1-3H3,(H,20,22)/t13-/m0/s1. The van der Waals surface area contributed by atoms with E-state index in [1.165, 1.54) is 18.2 Å². The summed E-state index contributed by atoms with van der Waals surface area (Å²) in [7, 11) is -3.91. The van der Waals surface area contributed by atoms with Gasteiger partial charge in [-0.2, -0.15) is 0 Å². The molecule has 0 aliphatic rings. The Morgan fingerprint density at radius 2 is 1.68 bits per heavy atom. The summed E-state index contributed by atoms with van der Waals surface area (Å²) < 4.78 is 27.7. The van der Waals surface area contributed by atoms with Crippen LogP contribution in [0, 0.1) is 5.92 Å². The zero-order valence-corrected chi connectivity index (χ0v) is 15.9. The van der Waals surface area contributed by atoms with E-state index in [4.69, 9.17) is 11.6 Å². The summed E-state index contributed by atoms with van der Waals surface area (Å²) in [5, 5.41) is 2.90. The maximum absolute atomic E-state index is 12.6. The van der Waals surface area contributed by atoms with Gasteiger partial charge >= 0.3 is 0 Å². The highest BCUT2D eigenvalue weighted by Gasteiger charge is 2.21. The predicted octanol–water partition coefficient (Wildman–Crippen LogP) is 3.92. The molecule has 25 heavy (non-hydrogen) atoms. The van der Waals surface area contributed by atoms with E-state index in [-0.39, 0.29) is 33.3 Å². The Morgan fingerprint density at radius 1 is 1.04 bits per heavy atom. The van der Waals surface area contributed by atoms with Gasteiger partial charge in [0.25, 0.3) is 15.9 Å². The highest BCUT2D eigenvalue weighted by atomic mass is 35.5. The molecular formula is C18H21ClN2O3S. The summed E-state index contributed by atoms with van der Waals surface area (Å²) in [5.74, 6) is -0.0757. The number of para-hydroxylation sites is 1. The van der Waals surface area contributed by atoms with Crippen molar-refractivity contribution in [2.24, 2.45) is 5.92 Å². The molecule has 2 N–H and O–H groups in total. The van der Waals surface area contributed by atoms with Crippen molar-refractivity contribution in [1.82, 2.24) is 5.32 Å². The molecule has 0 heterocycles. The van der Waals surface area contributed by atoms with E-state index in [9.17, 15) is 13.2 Å². The molecule has 0 radical (unpaired) electrons. The predicted molar refractivity (Wildman–Crippen MR) is 100 cm³/mol. The minimum Gasteiger partial charge on any atom is -0.349 e. The first kappa shape index (κ1) is 19.3. The molecule has 0 unspecified atom stereocenters. The maximum atomic E-state index is 12.6. The summed E-state index contributed by atoms with van der Waals surface area (Å²) in [6, 6.07) is 12.7. The molecule has 5 nitrogen and oxygen atoms in total. The van der Waals surface area contributed by atoms with Gasteiger partial charge in [0.15, 0.2) is 0 Å². The number of halogens is 1. The molecule has 0 aromatic heterocycles. The number of hydrogen-bond donors (Lipinski definition) is 2. The third kappa shape index (κ3) is 4.96. The van der Waals surface area contributed by atoms with Crippen LogP contribution in [0.3, 0.4) is 0 Å². The van der Waals surface area contributed by atoms with Crippen molar-refractivity contribution < 1.29 is 13.2 Å². The van der Waals surface area contributed by atoms with E-state index in [0.717, 1.165) is 0 Å². The lowest BCUT2D eigenvalue weighted by Gasteiger charge is -2.18. The molecule has 0 bridgehead atoms. The Hall–Kier alpha value is -2.05. The number of carbonyl (C=O) groups excluding carboxylic acids is 1. The third-order valence-electron chi connectivity index (χ3n) is 3.87. The first-order valence-electron chi connectivity index (χ1n) is 7.89. The zero-order valence-electron chi connectivity index (χ0n) is 14.3.